The third-order valence-electron chi connectivity index (χ3n) is 3.23. The number of amides is 3. The molecule has 6 nitrogen and oxygen atoms in total. The molecule has 0 radical (unpaired) electrons. The molecule has 0 atom stereocenters. The van der Waals surface area contributed by atoms with Crippen LogP contribution in [0.4, 0.5) is 19.3 Å². The maximum absolute atomic E-state index is 13.0. The van der Waals surface area contributed by atoms with Crippen LogP contribution >= 0.6 is 0 Å². The monoisotopic (exact) mass is 349 g/mol. The van der Waals surface area contributed by atoms with E-state index in [1.807, 2.05) is 0 Å². The third kappa shape index (κ3) is 5.45. The van der Waals surface area contributed by atoms with Gasteiger partial charge in [-0.25, -0.2) is 13.6 Å². The average molecular weight is 349 g/mol. The Labute approximate surface area is 143 Å². The summed E-state index contributed by atoms with van der Waals surface area (Å²) in [6.45, 7) is 0.369. The number of nitrogens with one attached hydrogen (secondary N) is 3. The van der Waals surface area contributed by atoms with Gasteiger partial charge in [-0.3, -0.25) is 4.79 Å². The van der Waals surface area contributed by atoms with Crippen molar-refractivity contribution in [3.05, 3.63) is 59.7 Å². The van der Waals surface area contributed by atoms with Crippen LogP contribution in [0.3, 0.4) is 0 Å². The number of urea groups is 1. The second-order valence-electron chi connectivity index (χ2n) is 4.99. The van der Waals surface area contributed by atoms with Gasteiger partial charge in [0.15, 0.2) is 11.6 Å². The number of carbonyl (C=O) groups excluding carboxylic acids is 2. The van der Waals surface area contributed by atoms with E-state index in [1.165, 1.54) is 13.2 Å². The van der Waals surface area contributed by atoms with Crippen molar-refractivity contribution in [3.8, 4) is 5.75 Å². The number of carbonyl (C=O) groups is 2. The van der Waals surface area contributed by atoms with Crippen LogP contribution in [0.2, 0.25) is 0 Å². The lowest BCUT2D eigenvalue weighted by Crippen LogP contribution is -2.36. The summed E-state index contributed by atoms with van der Waals surface area (Å²) in [5.74, 6) is -1.69. The summed E-state index contributed by atoms with van der Waals surface area (Å²) in [4.78, 5) is 23.5. The number of hydrogen-bond donors (Lipinski definition) is 3. The maximum Gasteiger partial charge on any atom is 0.319 e. The SMILES string of the molecule is COc1ccc(C(=O)NCCNC(=O)Nc2ccc(F)c(F)c2)cc1. The first-order valence-electron chi connectivity index (χ1n) is 7.42. The third-order valence-corrected chi connectivity index (χ3v) is 3.23. The number of benzene rings is 2. The summed E-state index contributed by atoms with van der Waals surface area (Å²) in [7, 11) is 1.53. The molecule has 3 amide bonds. The van der Waals surface area contributed by atoms with E-state index in [0.717, 1.165) is 12.1 Å². The molecule has 0 saturated carbocycles. The predicted molar refractivity (Wildman–Crippen MR) is 88.7 cm³/mol. The number of methoxy groups -OCH3 is 1. The van der Waals surface area contributed by atoms with Gasteiger partial charge in [-0.15, -0.1) is 0 Å². The first-order valence-corrected chi connectivity index (χ1v) is 7.42. The smallest absolute Gasteiger partial charge is 0.319 e. The number of halogens is 2. The van der Waals surface area contributed by atoms with Crippen LogP contribution in [0.25, 0.3) is 0 Å². The van der Waals surface area contributed by atoms with Crippen molar-refractivity contribution >= 4 is 17.6 Å². The standard InChI is InChI=1S/C17H17F2N3O3/c1-25-13-5-2-11(3-6-13)16(23)20-8-9-21-17(24)22-12-4-7-14(18)15(19)10-12/h2-7,10H,8-9H2,1H3,(H,20,23)(H2,21,22,24). The summed E-state index contributed by atoms with van der Waals surface area (Å²) in [6, 6.07) is 9.02. The van der Waals surface area contributed by atoms with Crippen LogP contribution in [0, 0.1) is 11.6 Å². The summed E-state index contributed by atoms with van der Waals surface area (Å²) in [5.41, 5.74) is 0.589. The molecule has 0 aliphatic carbocycles. The van der Waals surface area contributed by atoms with Gasteiger partial charge in [-0.05, 0) is 36.4 Å². The highest BCUT2D eigenvalue weighted by Crippen LogP contribution is 2.13. The Morgan fingerprint density at radius 3 is 2.28 bits per heavy atom. The van der Waals surface area contributed by atoms with E-state index in [1.54, 1.807) is 24.3 Å². The zero-order valence-electron chi connectivity index (χ0n) is 13.4. The molecule has 2 aromatic rings. The predicted octanol–water partition coefficient (Wildman–Crippen LogP) is 2.52. The van der Waals surface area contributed by atoms with Crippen molar-refractivity contribution in [2.75, 3.05) is 25.5 Å². The largest absolute Gasteiger partial charge is 0.497 e. The molecule has 0 fully saturated rings. The number of anilines is 1. The fraction of sp³-hybridized carbons (Fsp3) is 0.176. The van der Waals surface area contributed by atoms with E-state index in [9.17, 15) is 18.4 Å². The number of hydrogen-bond acceptors (Lipinski definition) is 3. The molecule has 132 valence electrons. The lowest BCUT2D eigenvalue weighted by molar-refractivity contribution is 0.0954. The van der Waals surface area contributed by atoms with Gasteiger partial charge in [0.2, 0.25) is 0 Å². The van der Waals surface area contributed by atoms with Crippen molar-refractivity contribution in [3.63, 3.8) is 0 Å². The van der Waals surface area contributed by atoms with E-state index in [0.29, 0.717) is 11.3 Å². The Morgan fingerprint density at radius 1 is 0.960 bits per heavy atom. The van der Waals surface area contributed by atoms with E-state index in [4.69, 9.17) is 4.74 Å². The van der Waals surface area contributed by atoms with Crippen molar-refractivity contribution in [2.24, 2.45) is 0 Å². The molecule has 0 heterocycles. The first-order chi connectivity index (χ1) is 12.0. The highest BCUT2D eigenvalue weighted by atomic mass is 19.2. The van der Waals surface area contributed by atoms with E-state index < -0.39 is 17.7 Å². The molecular weight excluding hydrogens is 332 g/mol. The minimum Gasteiger partial charge on any atom is -0.497 e. The minimum atomic E-state index is -1.05. The molecule has 0 aromatic heterocycles. The lowest BCUT2D eigenvalue weighted by atomic mass is 10.2. The zero-order chi connectivity index (χ0) is 18.2. The highest BCUT2D eigenvalue weighted by Gasteiger charge is 2.07. The molecule has 0 bridgehead atoms. The fourth-order valence-corrected chi connectivity index (χ4v) is 1.95. The number of ether oxygens (including phenoxy) is 1. The Bertz CT molecular complexity index is 751. The minimum absolute atomic E-state index is 0.124. The first kappa shape index (κ1) is 18.2. The Morgan fingerprint density at radius 2 is 1.64 bits per heavy atom. The van der Waals surface area contributed by atoms with Gasteiger partial charge in [-0.1, -0.05) is 0 Å². The van der Waals surface area contributed by atoms with Crippen LogP contribution in [0.15, 0.2) is 42.5 Å². The van der Waals surface area contributed by atoms with Crippen molar-refractivity contribution in [1.82, 2.24) is 10.6 Å². The molecule has 0 saturated heterocycles. The Kier molecular flexibility index (Phi) is 6.27. The van der Waals surface area contributed by atoms with Crippen LogP contribution in [-0.4, -0.2) is 32.1 Å². The van der Waals surface area contributed by atoms with E-state index in [2.05, 4.69) is 16.0 Å². The second-order valence-corrected chi connectivity index (χ2v) is 4.99. The molecule has 0 aliphatic rings. The van der Waals surface area contributed by atoms with Crippen molar-refractivity contribution in [1.29, 1.82) is 0 Å². The molecule has 3 N–H and O–H groups in total. The molecule has 8 heteroatoms. The topological polar surface area (TPSA) is 79.5 Å². The molecule has 25 heavy (non-hydrogen) atoms. The van der Waals surface area contributed by atoms with Gasteiger partial charge in [0.05, 0.1) is 7.11 Å². The summed E-state index contributed by atoms with van der Waals surface area (Å²) in [5, 5.41) is 7.49. The summed E-state index contributed by atoms with van der Waals surface area (Å²) < 4.78 is 30.8. The van der Waals surface area contributed by atoms with Crippen molar-refractivity contribution in [2.45, 2.75) is 0 Å². The van der Waals surface area contributed by atoms with Gasteiger partial charge in [0, 0.05) is 30.4 Å². The van der Waals surface area contributed by atoms with Gasteiger partial charge in [0.25, 0.3) is 5.91 Å². The second kappa shape index (κ2) is 8.62. The van der Waals surface area contributed by atoms with Gasteiger partial charge in [0.1, 0.15) is 5.75 Å². The molecule has 0 aliphatic heterocycles. The molecule has 2 aromatic carbocycles. The van der Waals surface area contributed by atoms with Crippen LogP contribution in [-0.2, 0) is 0 Å². The fourth-order valence-electron chi connectivity index (χ4n) is 1.95. The van der Waals surface area contributed by atoms with Gasteiger partial charge >= 0.3 is 6.03 Å². The molecule has 0 unspecified atom stereocenters. The quantitative estimate of drug-likeness (QED) is 0.701. The van der Waals surface area contributed by atoms with Crippen LogP contribution in [0.5, 0.6) is 5.75 Å². The Hall–Kier alpha value is -3.16. The zero-order valence-corrected chi connectivity index (χ0v) is 13.4. The average Bonchev–Trinajstić information content (AvgIpc) is 2.62. The molecule has 0 spiro atoms. The van der Waals surface area contributed by atoms with E-state index in [-0.39, 0.29) is 24.7 Å². The Balaban J connectivity index is 1.71. The van der Waals surface area contributed by atoms with Gasteiger partial charge < -0.3 is 20.7 Å². The highest BCUT2D eigenvalue weighted by molar-refractivity contribution is 5.94. The van der Waals surface area contributed by atoms with Gasteiger partial charge in [-0.2, -0.15) is 0 Å². The summed E-state index contributed by atoms with van der Waals surface area (Å²) in [6.07, 6.45) is 0. The normalized spacial score (nSPS) is 10.0. The lowest BCUT2D eigenvalue weighted by Gasteiger charge is -2.09. The maximum atomic E-state index is 13.0. The van der Waals surface area contributed by atoms with Crippen LogP contribution in [0.1, 0.15) is 10.4 Å². The molecular formula is C17H17F2N3O3. The molecule has 2 rings (SSSR count). The summed E-state index contributed by atoms with van der Waals surface area (Å²) >= 11 is 0. The van der Waals surface area contributed by atoms with Crippen LogP contribution < -0.4 is 20.7 Å². The van der Waals surface area contributed by atoms with Crippen molar-refractivity contribution < 1.29 is 23.1 Å². The van der Waals surface area contributed by atoms with E-state index >= 15 is 0 Å². The number of rotatable bonds is 6.